The Hall–Kier alpha value is -4.12. The summed E-state index contributed by atoms with van der Waals surface area (Å²) in [5.74, 6) is -2.89. The minimum Gasteiger partial charge on any atom is -0.478 e. The van der Waals surface area contributed by atoms with Gasteiger partial charge in [0.1, 0.15) is 24.2 Å². The number of rotatable bonds is 15. The van der Waals surface area contributed by atoms with Crippen molar-refractivity contribution >= 4 is 48.6 Å². The summed E-state index contributed by atoms with van der Waals surface area (Å²) in [5.41, 5.74) is 6.79. The highest BCUT2D eigenvalue weighted by Crippen LogP contribution is 2.43. The zero-order valence-corrected chi connectivity index (χ0v) is 25.4. The van der Waals surface area contributed by atoms with Crippen molar-refractivity contribution in [1.29, 1.82) is 0 Å². The Morgan fingerprint density at radius 1 is 1.00 bits per heavy atom. The van der Waals surface area contributed by atoms with Crippen molar-refractivity contribution in [3.05, 3.63) is 24.8 Å². The number of nitrogens with zero attached hydrogens (tertiary/aromatic N) is 4. The van der Waals surface area contributed by atoms with E-state index in [9.17, 15) is 23.7 Å². The first kappa shape index (κ1) is 36.9. The van der Waals surface area contributed by atoms with Crippen molar-refractivity contribution in [1.82, 2.24) is 24.6 Å². The van der Waals surface area contributed by atoms with Crippen LogP contribution in [0, 0.1) is 0 Å². The molecular weight excluding hydrogens is 595 g/mol. The van der Waals surface area contributed by atoms with E-state index in [0.29, 0.717) is 29.9 Å². The van der Waals surface area contributed by atoms with Gasteiger partial charge in [0.25, 0.3) is 7.52 Å². The number of ether oxygens (including phenoxy) is 4. The first-order chi connectivity index (χ1) is 20.0. The maximum Gasteiger partial charge on any atom is 0.510 e. The number of nitrogen functional groups attached to an aromatic ring is 1. The fourth-order valence-corrected chi connectivity index (χ4v) is 4.50. The van der Waals surface area contributed by atoms with Gasteiger partial charge in [-0.2, -0.15) is 0 Å². The Morgan fingerprint density at radius 2 is 1.60 bits per heavy atom. The Kier molecular flexibility index (Phi) is 15.2. The Bertz CT molecular complexity index is 1300. The molecule has 5 N–H and O–H groups in total. The van der Waals surface area contributed by atoms with Crippen LogP contribution in [0.5, 0.6) is 0 Å². The summed E-state index contributed by atoms with van der Waals surface area (Å²) in [6.45, 7) is 9.52. The van der Waals surface area contributed by atoms with E-state index < -0.39 is 63.0 Å². The number of hydrogen-bond donors (Lipinski definition) is 4. The third-order valence-corrected chi connectivity index (χ3v) is 6.44. The summed E-state index contributed by atoms with van der Waals surface area (Å²) >= 11 is 0. The zero-order valence-electron chi connectivity index (χ0n) is 24.5. The van der Waals surface area contributed by atoms with Gasteiger partial charge in [0, 0.05) is 12.2 Å². The smallest absolute Gasteiger partial charge is 0.478 e. The molecule has 18 nitrogen and oxygen atoms in total. The molecule has 0 aliphatic heterocycles. The second-order valence-electron chi connectivity index (χ2n) is 9.26. The number of carboxylic acids is 2. The summed E-state index contributed by atoms with van der Waals surface area (Å²) < 4.78 is 41.0. The number of anilines is 1. The third kappa shape index (κ3) is 14.6. The number of aliphatic carboxylic acids is 2. The summed E-state index contributed by atoms with van der Waals surface area (Å²) in [6.07, 6.45) is 1.33. The fourth-order valence-electron chi connectivity index (χ4n) is 2.91. The lowest BCUT2D eigenvalue weighted by Gasteiger charge is -2.24. The Labute approximate surface area is 247 Å². The van der Waals surface area contributed by atoms with Gasteiger partial charge < -0.3 is 39.5 Å². The van der Waals surface area contributed by atoms with E-state index in [4.69, 9.17) is 39.4 Å². The molecule has 0 aliphatic rings. The van der Waals surface area contributed by atoms with Crippen molar-refractivity contribution in [3.8, 4) is 0 Å². The number of hydrogen-bond acceptors (Lipinski definition) is 14. The average Bonchev–Trinajstić information content (AvgIpc) is 3.29. The second-order valence-corrected chi connectivity index (χ2v) is 11.4. The number of aromatic nitrogens is 4. The summed E-state index contributed by atoms with van der Waals surface area (Å²) in [5, 5.41) is 18.2. The van der Waals surface area contributed by atoms with Crippen LogP contribution in [0.15, 0.2) is 24.8 Å². The highest BCUT2D eigenvalue weighted by atomic mass is 31.2. The van der Waals surface area contributed by atoms with E-state index >= 15 is 0 Å². The quantitative estimate of drug-likeness (QED) is 0.0949. The minimum absolute atomic E-state index is 0.252. The first-order valence-electron chi connectivity index (χ1n) is 12.7. The van der Waals surface area contributed by atoms with Gasteiger partial charge in [0.2, 0.25) is 6.79 Å². The maximum atomic E-state index is 13.4. The van der Waals surface area contributed by atoms with E-state index in [2.05, 4.69) is 20.0 Å². The molecule has 0 aliphatic carbocycles. The molecule has 0 fully saturated rings. The van der Waals surface area contributed by atoms with Gasteiger partial charge in [-0.25, -0.2) is 34.4 Å². The Morgan fingerprint density at radius 3 is 2.16 bits per heavy atom. The summed E-state index contributed by atoms with van der Waals surface area (Å²) in [4.78, 5) is 55.2. The van der Waals surface area contributed by atoms with Crippen molar-refractivity contribution in [2.75, 3.05) is 18.9 Å². The van der Waals surface area contributed by atoms with Crippen LogP contribution < -0.4 is 10.8 Å². The molecule has 0 bridgehead atoms. The highest BCUT2D eigenvalue weighted by molar-refractivity contribution is 7.56. The molecule has 240 valence electrons. The second kappa shape index (κ2) is 17.7. The lowest BCUT2D eigenvalue weighted by atomic mass is 10.4. The minimum atomic E-state index is -3.84. The van der Waals surface area contributed by atoms with Crippen molar-refractivity contribution in [2.24, 2.45) is 0 Å². The maximum absolute atomic E-state index is 13.4. The van der Waals surface area contributed by atoms with E-state index in [1.54, 1.807) is 45.5 Å². The lowest BCUT2D eigenvalue weighted by molar-refractivity contribution is -0.149. The number of carbonyl (C=O) groups excluding carboxylic acids is 2. The van der Waals surface area contributed by atoms with Gasteiger partial charge in [0.15, 0.2) is 11.5 Å². The number of esters is 1. The molecule has 0 saturated heterocycles. The summed E-state index contributed by atoms with van der Waals surface area (Å²) in [6, 6.07) is -0.984. The molecule has 0 spiro atoms. The number of carboxylic acid groups (broad SMARTS) is 2. The molecule has 2 aromatic rings. The van der Waals surface area contributed by atoms with Crippen LogP contribution in [0.4, 0.5) is 10.6 Å². The van der Waals surface area contributed by atoms with Crippen molar-refractivity contribution in [3.63, 3.8) is 0 Å². The first-order valence-corrected chi connectivity index (χ1v) is 14.6. The van der Waals surface area contributed by atoms with Gasteiger partial charge in [-0.15, -0.1) is 0 Å². The van der Waals surface area contributed by atoms with E-state index in [1.807, 2.05) is 0 Å². The molecular formula is C24H37N6O12P. The molecule has 0 amide bonds. The van der Waals surface area contributed by atoms with Crippen molar-refractivity contribution < 1.29 is 57.4 Å². The van der Waals surface area contributed by atoms with Crippen LogP contribution in [-0.2, 0) is 49.0 Å². The standard InChI is InChI=1S/C20H33N6O8P.C4H4O4/c1-12(2)33-19(27)15(6)25-35(29,32-10-30-20(28)34-13(3)4)11-31-14(5)7-26-9-24-16-17(21)22-8-23-18(16)26;5-3(6)1-2-4(7)8/h8-9,12-15H,7,10-11H2,1-6H3,(H,25,29)(H2,21,22,23);1-2H,(H,5,6)(H,7,8)/b;2-1+/t14-,15+,35?;/m1./s1. The average molecular weight is 633 g/mol. The number of nitrogens with two attached hydrogens (primary N) is 1. The SMILES string of the molecule is CC(C)OC(=O)OCOP(=O)(CO[C@H](C)Cn1cnc2c(N)ncnc21)N[C@@H](C)C(=O)OC(C)C.O=C(O)/C=C/C(=O)O. The molecule has 19 heteroatoms. The zero-order chi connectivity index (χ0) is 32.7. The predicted molar refractivity (Wildman–Crippen MR) is 150 cm³/mol. The van der Waals surface area contributed by atoms with Crippen molar-refractivity contribution in [2.45, 2.75) is 72.4 Å². The molecule has 3 atom stereocenters. The largest absolute Gasteiger partial charge is 0.510 e. The number of carbonyl (C=O) groups is 4. The van der Waals surface area contributed by atoms with Crippen LogP contribution in [-0.4, -0.2) is 91.3 Å². The lowest BCUT2D eigenvalue weighted by Crippen LogP contribution is -2.36. The van der Waals surface area contributed by atoms with Gasteiger partial charge in [-0.1, -0.05) is 0 Å². The van der Waals surface area contributed by atoms with Gasteiger partial charge in [-0.05, 0) is 41.5 Å². The topological polar surface area (TPSA) is 254 Å². The molecule has 2 heterocycles. The number of nitrogens with one attached hydrogen (secondary N) is 1. The number of imidazole rings is 1. The molecule has 2 rings (SSSR count). The third-order valence-electron chi connectivity index (χ3n) is 4.65. The van der Waals surface area contributed by atoms with E-state index in [0.717, 1.165) is 0 Å². The van der Waals surface area contributed by atoms with Crippen LogP contribution in [0.2, 0.25) is 0 Å². The van der Waals surface area contributed by atoms with E-state index in [1.165, 1.54) is 13.3 Å². The molecule has 2 aromatic heterocycles. The van der Waals surface area contributed by atoms with Crippen LogP contribution in [0.25, 0.3) is 11.2 Å². The van der Waals surface area contributed by atoms with E-state index in [-0.39, 0.29) is 11.9 Å². The Balaban J connectivity index is 0.00000101. The molecule has 43 heavy (non-hydrogen) atoms. The summed E-state index contributed by atoms with van der Waals surface area (Å²) in [7, 11) is -3.84. The normalized spacial score (nSPS) is 14.0. The highest BCUT2D eigenvalue weighted by Gasteiger charge is 2.31. The fraction of sp³-hybridized carbons (Fsp3) is 0.542. The van der Waals surface area contributed by atoms with Gasteiger partial charge in [0.05, 0.1) is 31.2 Å². The van der Waals surface area contributed by atoms with Crippen LogP contribution in [0.3, 0.4) is 0 Å². The molecule has 1 unspecified atom stereocenters. The molecule has 0 saturated carbocycles. The van der Waals surface area contributed by atoms with Crippen LogP contribution >= 0.6 is 7.52 Å². The molecule has 0 aromatic carbocycles. The molecule has 0 radical (unpaired) electrons. The van der Waals surface area contributed by atoms with Gasteiger partial charge >= 0.3 is 24.1 Å². The monoisotopic (exact) mass is 632 g/mol. The van der Waals surface area contributed by atoms with Crippen LogP contribution in [0.1, 0.15) is 41.5 Å². The number of fused-ring (bicyclic) bond motifs is 1. The predicted octanol–water partition coefficient (Wildman–Crippen LogP) is 2.14. The van der Waals surface area contributed by atoms with Gasteiger partial charge in [-0.3, -0.25) is 13.9 Å².